The number of aliphatic hydroxyl groups excluding tert-OH is 1. The fourth-order valence-electron chi connectivity index (χ4n) is 4.59. The highest BCUT2D eigenvalue weighted by Gasteiger charge is 2.25. The van der Waals surface area contributed by atoms with Gasteiger partial charge in [-0.3, -0.25) is 0 Å². The molecule has 3 aromatic rings. The van der Waals surface area contributed by atoms with Crippen molar-refractivity contribution >= 4 is 42.0 Å². The van der Waals surface area contributed by atoms with E-state index >= 15 is 0 Å². The SMILES string of the molecule is COc1ccc(CCO)c2c1S/C(=C/c1ccc(/C=N/N=C/c3cccc4c3CCCC4)c(F)c1F)S2. The van der Waals surface area contributed by atoms with Crippen molar-refractivity contribution in [3.63, 3.8) is 0 Å². The molecule has 2 aliphatic rings. The van der Waals surface area contributed by atoms with Gasteiger partial charge >= 0.3 is 0 Å². The maximum atomic E-state index is 15.0. The van der Waals surface area contributed by atoms with Crippen LogP contribution in [0.25, 0.3) is 6.08 Å². The first-order chi connectivity index (χ1) is 18.1. The van der Waals surface area contributed by atoms with E-state index in [1.54, 1.807) is 25.5 Å². The maximum Gasteiger partial charge on any atom is 0.168 e. The average molecular weight is 537 g/mol. The molecule has 0 saturated heterocycles. The number of aryl methyl sites for hydroxylation is 1. The number of methoxy groups -OCH3 is 1. The van der Waals surface area contributed by atoms with Crippen LogP contribution in [0.4, 0.5) is 8.78 Å². The zero-order valence-electron chi connectivity index (χ0n) is 20.3. The second-order valence-electron chi connectivity index (χ2n) is 8.78. The highest BCUT2D eigenvalue weighted by atomic mass is 32.2. The topological polar surface area (TPSA) is 54.2 Å². The minimum atomic E-state index is -0.963. The molecule has 8 heteroatoms. The standard InChI is InChI=1S/C29H26F2N2O2S2/c1-35-24-12-11-19(13-14-34)28-29(24)37-25(36-28)15-20-9-10-22(27(31)26(20)30)17-33-32-16-21-7-4-6-18-5-2-3-8-23(18)21/h4,6-7,9-12,15-17,34H,2-3,5,8,13-14H2,1H3/b25-15+,32-16+,33-17+. The molecular weight excluding hydrogens is 510 g/mol. The van der Waals surface area contributed by atoms with Crippen LogP contribution in [0.3, 0.4) is 0 Å². The molecule has 1 aliphatic heterocycles. The molecule has 4 nitrogen and oxygen atoms in total. The quantitative estimate of drug-likeness (QED) is 0.260. The van der Waals surface area contributed by atoms with Crippen LogP contribution >= 0.6 is 23.5 Å². The predicted molar refractivity (Wildman–Crippen MR) is 148 cm³/mol. The van der Waals surface area contributed by atoms with Crippen LogP contribution in [0, 0.1) is 11.6 Å². The fourth-order valence-corrected chi connectivity index (χ4v) is 7.25. The molecule has 0 bridgehead atoms. The van der Waals surface area contributed by atoms with Crippen LogP contribution in [0.5, 0.6) is 5.75 Å². The molecule has 0 radical (unpaired) electrons. The monoisotopic (exact) mass is 536 g/mol. The van der Waals surface area contributed by atoms with Gasteiger partial charge in [0.2, 0.25) is 0 Å². The Morgan fingerprint density at radius 3 is 2.43 bits per heavy atom. The molecule has 1 N–H and O–H groups in total. The van der Waals surface area contributed by atoms with Gasteiger partial charge in [0.1, 0.15) is 5.75 Å². The number of halogens is 2. The molecule has 1 aliphatic carbocycles. The van der Waals surface area contributed by atoms with Crippen LogP contribution in [-0.2, 0) is 19.3 Å². The molecule has 190 valence electrons. The van der Waals surface area contributed by atoms with Crippen LogP contribution in [0.15, 0.2) is 66.7 Å². The zero-order chi connectivity index (χ0) is 25.8. The van der Waals surface area contributed by atoms with Gasteiger partial charge in [0.15, 0.2) is 11.6 Å². The third kappa shape index (κ3) is 5.51. The van der Waals surface area contributed by atoms with Gasteiger partial charge in [0, 0.05) is 22.6 Å². The van der Waals surface area contributed by atoms with E-state index in [2.05, 4.69) is 16.3 Å². The smallest absolute Gasteiger partial charge is 0.168 e. The first kappa shape index (κ1) is 25.7. The van der Waals surface area contributed by atoms with E-state index in [1.807, 2.05) is 24.3 Å². The molecule has 0 saturated carbocycles. The molecule has 3 aromatic carbocycles. The maximum absolute atomic E-state index is 15.0. The van der Waals surface area contributed by atoms with Crippen molar-refractivity contribution < 1.29 is 18.6 Å². The summed E-state index contributed by atoms with van der Waals surface area (Å²) in [5.74, 6) is -1.18. The summed E-state index contributed by atoms with van der Waals surface area (Å²) in [6.07, 6.45) is 9.53. The number of aliphatic hydroxyl groups is 1. The molecule has 0 spiro atoms. The van der Waals surface area contributed by atoms with Gasteiger partial charge in [-0.25, -0.2) is 8.78 Å². The number of thioether (sulfide) groups is 2. The van der Waals surface area contributed by atoms with Crippen molar-refractivity contribution in [1.82, 2.24) is 0 Å². The van der Waals surface area contributed by atoms with Crippen LogP contribution in [0.1, 0.15) is 46.2 Å². The first-order valence-electron chi connectivity index (χ1n) is 12.1. The Hall–Kier alpha value is -2.94. The Morgan fingerprint density at radius 1 is 0.892 bits per heavy atom. The van der Waals surface area contributed by atoms with Gasteiger partial charge in [-0.15, -0.1) is 0 Å². The summed E-state index contributed by atoms with van der Waals surface area (Å²) in [6.45, 7) is 0.0312. The second-order valence-corrected chi connectivity index (χ2v) is 11.1. The summed E-state index contributed by atoms with van der Waals surface area (Å²) >= 11 is 2.92. The minimum Gasteiger partial charge on any atom is -0.496 e. The van der Waals surface area contributed by atoms with Crippen molar-refractivity contribution in [2.45, 2.75) is 41.9 Å². The molecule has 0 unspecified atom stereocenters. The van der Waals surface area contributed by atoms with E-state index in [1.165, 1.54) is 53.4 Å². The van der Waals surface area contributed by atoms with Crippen molar-refractivity contribution in [2.24, 2.45) is 10.2 Å². The number of ether oxygens (including phenoxy) is 1. The van der Waals surface area contributed by atoms with Gasteiger partial charge in [-0.1, -0.05) is 53.9 Å². The number of hydrogen-bond donors (Lipinski definition) is 1. The molecule has 0 fully saturated rings. The van der Waals surface area contributed by atoms with E-state index in [-0.39, 0.29) is 17.7 Å². The second kappa shape index (κ2) is 11.6. The van der Waals surface area contributed by atoms with Gasteiger partial charge in [0.25, 0.3) is 0 Å². The molecule has 5 rings (SSSR count). The Kier molecular flexibility index (Phi) is 8.08. The highest BCUT2D eigenvalue weighted by molar-refractivity contribution is 8.25. The largest absolute Gasteiger partial charge is 0.496 e. The van der Waals surface area contributed by atoms with Crippen molar-refractivity contribution in [2.75, 3.05) is 13.7 Å². The van der Waals surface area contributed by atoms with E-state index in [0.29, 0.717) is 12.2 Å². The minimum absolute atomic E-state index is 0.0312. The molecule has 0 aromatic heterocycles. The Morgan fingerprint density at radius 2 is 1.62 bits per heavy atom. The van der Waals surface area contributed by atoms with E-state index in [0.717, 1.165) is 44.4 Å². The molecule has 0 atom stereocenters. The van der Waals surface area contributed by atoms with E-state index in [9.17, 15) is 13.9 Å². The zero-order valence-corrected chi connectivity index (χ0v) is 22.0. The van der Waals surface area contributed by atoms with Gasteiger partial charge in [-0.2, -0.15) is 10.2 Å². The van der Waals surface area contributed by atoms with E-state index < -0.39 is 11.6 Å². The third-order valence-corrected chi connectivity index (χ3v) is 9.02. The average Bonchev–Trinajstić information content (AvgIpc) is 3.35. The summed E-state index contributed by atoms with van der Waals surface area (Å²) in [7, 11) is 1.60. The van der Waals surface area contributed by atoms with Gasteiger partial charge < -0.3 is 9.84 Å². The summed E-state index contributed by atoms with van der Waals surface area (Å²) in [5.41, 5.74) is 4.85. The lowest BCUT2D eigenvalue weighted by Crippen LogP contribution is -2.05. The first-order valence-corrected chi connectivity index (χ1v) is 13.8. The normalized spacial score (nSPS) is 16.1. The molecule has 37 heavy (non-hydrogen) atoms. The third-order valence-electron chi connectivity index (χ3n) is 6.47. The van der Waals surface area contributed by atoms with Crippen molar-refractivity contribution in [3.05, 3.63) is 91.7 Å². The number of benzene rings is 3. The lowest BCUT2D eigenvalue weighted by atomic mass is 9.89. The highest BCUT2D eigenvalue weighted by Crippen LogP contribution is 2.56. The number of nitrogens with zero attached hydrogens (tertiary/aromatic N) is 2. The summed E-state index contributed by atoms with van der Waals surface area (Å²) < 4.78 is 36.1. The lowest BCUT2D eigenvalue weighted by molar-refractivity contribution is 0.298. The Bertz CT molecular complexity index is 1420. The molecule has 0 amide bonds. The number of hydrogen-bond acceptors (Lipinski definition) is 6. The van der Waals surface area contributed by atoms with Crippen molar-refractivity contribution in [1.29, 1.82) is 0 Å². The fraction of sp³-hybridized carbons (Fsp3) is 0.241. The summed E-state index contributed by atoms with van der Waals surface area (Å²) in [6, 6.07) is 13.0. The lowest BCUT2D eigenvalue weighted by Gasteiger charge is -2.17. The summed E-state index contributed by atoms with van der Waals surface area (Å²) in [5, 5.41) is 17.4. The predicted octanol–water partition coefficient (Wildman–Crippen LogP) is 7.04. The van der Waals surface area contributed by atoms with Gasteiger partial charge in [-0.05, 0) is 72.6 Å². The molecule has 1 heterocycles. The van der Waals surface area contributed by atoms with Gasteiger partial charge in [0.05, 0.1) is 28.7 Å². The molecular formula is C29H26F2N2O2S2. The Labute approximate surface area is 223 Å². The van der Waals surface area contributed by atoms with E-state index in [4.69, 9.17) is 4.74 Å². The van der Waals surface area contributed by atoms with Crippen molar-refractivity contribution in [3.8, 4) is 5.75 Å². The number of rotatable bonds is 7. The summed E-state index contributed by atoms with van der Waals surface area (Å²) in [4.78, 5) is 1.90. The van der Waals surface area contributed by atoms with Crippen LogP contribution in [0.2, 0.25) is 0 Å². The van der Waals surface area contributed by atoms with Crippen LogP contribution < -0.4 is 4.74 Å². The number of fused-ring (bicyclic) bond motifs is 2. The van der Waals surface area contributed by atoms with Crippen LogP contribution in [-0.4, -0.2) is 31.3 Å². The Balaban J connectivity index is 1.33.